The van der Waals surface area contributed by atoms with Gasteiger partial charge >= 0.3 is 5.97 Å². The number of carboxylic acid groups (broad SMARTS) is 1. The van der Waals surface area contributed by atoms with Gasteiger partial charge in [0.15, 0.2) is 5.60 Å². The molecule has 1 atom stereocenters. The van der Waals surface area contributed by atoms with Crippen LogP contribution in [0.5, 0.6) is 0 Å². The quantitative estimate of drug-likeness (QED) is 0.782. The number of piperidine rings is 1. The van der Waals surface area contributed by atoms with E-state index in [1.807, 2.05) is 0 Å². The molecule has 1 saturated heterocycles. The molecule has 1 aliphatic heterocycles. The molecule has 0 aromatic carbocycles. The lowest BCUT2D eigenvalue weighted by Gasteiger charge is -2.35. The second-order valence-electron chi connectivity index (χ2n) is 6.49. The van der Waals surface area contributed by atoms with E-state index in [0.717, 1.165) is 6.42 Å². The summed E-state index contributed by atoms with van der Waals surface area (Å²) < 4.78 is 0. The van der Waals surface area contributed by atoms with E-state index >= 15 is 0 Å². The number of likely N-dealkylation sites (tertiary alicyclic amines) is 1. The summed E-state index contributed by atoms with van der Waals surface area (Å²) in [6.45, 7) is 0.739. The van der Waals surface area contributed by atoms with Gasteiger partial charge in [0.05, 0.1) is 0 Å². The molecule has 3 rings (SSSR count). The van der Waals surface area contributed by atoms with Crippen LogP contribution in [0.1, 0.15) is 44.9 Å². The smallest absolute Gasteiger partial charge is 0.335 e. The molecule has 1 unspecified atom stereocenters. The molecule has 1 spiro atoms. The third kappa shape index (κ3) is 2.04. The van der Waals surface area contributed by atoms with Crippen molar-refractivity contribution < 1.29 is 19.8 Å². The summed E-state index contributed by atoms with van der Waals surface area (Å²) in [5, 5.41) is 18.8. The van der Waals surface area contributed by atoms with Crippen LogP contribution in [-0.2, 0) is 9.59 Å². The van der Waals surface area contributed by atoms with E-state index in [2.05, 4.69) is 0 Å². The second-order valence-corrected chi connectivity index (χ2v) is 6.49. The largest absolute Gasteiger partial charge is 0.479 e. The minimum atomic E-state index is -1.63. The number of nitrogens with zero attached hydrogens (tertiary/aromatic N) is 1. The zero-order valence-electron chi connectivity index (χ0n) is 11.1. The normalized spacial score (nSPS) is 31.4. The van der Waals surface area contributed by atoms with Gasteiger partial charge in [-0.05, 0) is 24.7 Å². The van der Waals surface area contributed by atoms with Crippen LogP contribution in [0, 0.1) is 11.3 Å². The summed E-state index contributed by atoms with van der Waals surface area (Å²) in [5.41, 5.74) is -1.34. The van der Waals surface area contributed by atoms with E-state index in [1.54, 1.807) is 4.90 Å². The van der Waals surface area contributed by atoms with Gasteiger partial charge in [-0.2, -0.15) is 0 Å². The third-order valence-corrected chi connectivity index (χ3v) is 5.39. The lowest BCUT2D eigenvalue weighted by atomic mass is 9.91. The van der Waals surface area contributed by atoms with Crippen molar-refractivity contribution in [2.45, 2.75) is 50.5 Å². The number of carbonyl (C=O) groups is 2. The Morgan fingerprint density at radius 1 is 1.05 bits per heavy atom. The van der Waals surface area contributed by atoms with Gasteiger partial charge in [0, 0.05) is 31.8 Å². The van der Waals surface area contributed by atoms with E-state index in [1.165, 1.54) is 25.7 Å². The van der Waals surface area contributed by atoms with Crippen LogP contribution in [0.3, 0.4) is 0 Å². The van der Waals surface area contributed by atoms with Gasteiger partial charge in [-0.3, -0.25) is 4.79 Å². The first-order chi connectivity index (χ1) is 8.97. The van der Waals surface area contributed by atoms with Gasteiger partial charge in [0.25, 0.3) is 0 Å². The lowest BCUT2D eigenvalue weighted by molar-refractivity contribution is -0.165. The van der Waals surface area contributed by atoms with Crippen LogP contribution in [0.4, 0.5) is 0 Å². The number of rotatable bonds is 2. The molecule has 0 bridgehead atoms. The SMILES string of the molecule is O=C(C1CC12CCCC2)N1CCC(O)(C(=O)O)CC1. The molecule has 1 amide bonds. The van der Waals surface area contributed by atoms with Crippen molar-refractivity contribution in [3.63, 3.8) is 0 Å². The van der Waals surface area contributed by atoms with Crippen molar-refractivity contribution in [3.05, 3.63) is 0 Å². The van der Waals surface area contributed by atoms with Gasteiger partial charge in [-0.15, -0.1) is 0 Å². The fraction of sp³-hybridized carbons (Fsp3) is 0.857. The fourth-order valence-electron chi connectivity index (χ4n) is 3.86. The molecular formula is C14H21NO4. The first-order valence-corrected chi connectivity index (χ1v) is 7.21. The summed E-state index contributed by atoms with van der Waals surface area (Å²) in [7, 11) is 0. The van der Waals surface area contributed by atoms with Gasteiger partial charge in [-0.25, -0.2) is 4.79 Å². The highest BCUT2D eigenvalue weighted by molar-refractivity contribution is 5.83. The molecule has 106 valence electrons. The maximum absolute atomic E-state index is 12.4. The fourth-order valence-corrected chi connectivity index (χ4v) is 3.86. The highest BCUT2D eigenvalue weighted by Crippen LogP contribution is 2.63. The van der Waals surface area contributed by atoms with Crippen molar-refractivity contribution in [3.8, 4) is 0 Å². The Morgan fingerprint density at radius 2 is 1.63 bits per heavy atom. The molecule has 2 aliphatic carbocycles. The predicted octanol–water partition coefficient (Wildman–Crippen LogP) is 1.00. The number of amides is 1. The zero-order valence-corrected chi connectivity index (χ0v) is 11.1. The molecular weight excluding hydrogens is 246 g/mol. The average Bonchev–Trinajstić information content (AvgIpc) is 2.87. The minimum Gasteiger partial charge on any atom is -0.479 e. The summed E-state index contributed by atoms with van der Waals surface area (Å²) in [4.78, 5) is 25.1. The molecule has 2 saturated carbocycles. The number of carboxylic acids is 1. The zero-order chi connectivity index (χ0) is 13.7. The Morgan fingerprint density at radius 3 is 2.16 bits per heavy atom. The van der Waals surface area contributed by atoms with Gasteiger partial charge < -0.3 is 15.1 Å². The molecule has 3 fully saturated rings. The first kappa shape index (κ1) is 12.9. The highest BCUT2D eigenvalue weighted by Gasteiger charge is 2.59. The minimum absolute atomic E-state index is 0.147. The number of hydrogen-bond donors (Lipinski definition) is 2. The number of hydrogen-bond acceptors (Lipinski definition) is 3. The Labute approximate surface area is 112 Å². The van der Waals surface area contributed by atoms with Gasteiger partial charge in [-0.1, -0.05) is 12.8 Å². The summed E-state index contributed by atoms with van der Waals surface area (Å²) in [6, 6.07) is 0. The van der Waals surface area contributed by atoms with Crippen LogP contribution in [0.15, 0.2) is 0 Å². The number of aliphatic carboxylic acids is 1. The molecule has 1 heterocycles. The molecule has 5 heteroatoms. The lowest BCUT2D eigenvalue weighted by Crippen LogP contribution is -2.51. The van der Waals surface area contributed by atoms with Crippen molar-refractivity contribution in [2.24, 2.45) is 11.3 Å². The van der Waals surface area contributed by atoms with E-state index in [0.29, 0.717) is 13.1 Å². The van der Waals surface area contributed by atoms with E-state index < -0.39 is 11.6 Å². The Kier molecular flexibility index (Phi) is 2.85. The Hall–Kier alpha value is -1.10. The summed E-state index contributed by atoms with van der Waals surface area (Å²) in [6.07, 6.45) is 6.14. The maximum atomic E-state index is 12.4. The summed E-state index contributed by atoms with van der Waals surface area (Å²) >= 11 is 0. The first-order valence-electron chi connectivity index (χ1n) is 7.21. The maximum Gasteiger partial charge on any atom is 0.335 e. The van der Waals surface area contributed by atoms with Crippen LogP contribution in [0.2, 0.25) is 0 Å². The van der Waals surface area contributed by atoms with E-state index in [4.69, 9.17) is 5.11 Å². The highest BCUT2D eigenvalue weighted by atomic mass is 16.4. The second kappa shape index (κ2) is 4.20. The average molecular weight is 267 g/mol. The molecule has 5 nitrogen and oxygen atoms in total. The van der Waals surface area contributed by atoms with Gasteiger partial charge in [0.2, 0.25) is 5.91 Å². The van der Waals surface area contributed by atoms with E-state index in [-0.39, 0.29) is 30.1 Å². The van der Waals surface area contributed by atoms with Crippen molar-refractivity contribution in [2.75, 3.05) is 13.1 Å². The van der Waals surface area contributed by atoms with Crippen LogP contribution < -0.4 is 0 Å². The molecule has 3 aliphatic rings. The third-order valence-electron chi connectivity index (χ3n) is 5.39. The van der Waals surface area contributed by atoms with Crippen LogP contribution in [-0.4, -0.2) is 45.7 Å². The molecule has 19 heavy (non-hydrogen) atoms. The van der Waals surface area contributed by atoms with Crippen LogP contribution in [0.25, 0.3) is 0 Å². The predicted molar refractivity (Wildman–Crippen MR) is 67.4 cm³/mol. The molecule has 2 N–H and O–H groups in total. The van der Waals surface area contributed by atoms with Gasteiger partial charge in [0.1, 0.15) is 0 Å². The number of carbonyl (C=O) groups excluding carboxylic acids is 1. The Bertz CT molecular complexity index is 406. The topological polar surface area (TPSA) is 77.8 Å². The van der Waals surface area contributed by atoms with Crippen LogP contribution >= 0.6 is 0 Å². The monoisotopic (exact) mass is 267 g/mol. The van der Waals surface area contributed by atoms with E-state index in [9.17, 15) is 14.7 Å². The standard InChI is InChI=1S/C14H21NO4/c16-11(10-9-13(10)3-1-2-4-13)15-7-5-14(19,6-8-15)12(17)18/h10,19H,1-9H2,(H,17,18). The molecule has 0 aromatic rings. The van der Waals surface area contributed by atoms with Crippen molar-refractivity contribution >= 4 is 11.9 Å². The van der Waals surface area contributed by atoms with Crippen molar-refractivity contribution in [1.82, 2.24) is 4.90 Å². The molecule has 0 radical (unpaired) electrons. The number of aliphatic hydroxyl groups is 1. The molecule has 0 aromatic heterocycles. The van der Waals surface area contributed by atoms with Crippen molar-refractivity contribution in [1.29, 1.82) is 0 Å². The Balaban J connectivity index is 1.58. The summed E-state index contributed by atoms with van der Waals surface area (Å²) in [5.74, 6) is -0.807.